The fourth-order valence-electron chi connectivity index (χ4n) is 1.16. The van der Waals surface area contributed by atoms with E-state index in [9.17, 15) is 4.79 Å². The first-order valence-corrected chi connectivity index (χ1v) is 7.39. The van der Waals surface area contributed by atoms with Gasteiger partial charge in [0.2, 0.25) is 0 Å². The van der Waals surface area contributed by atoms with Gasteiger partial charge in [-0.15, -0.1) is 11.3 Å². The van der Waals surface area contributed by atoms with Crippen molar-refractivity contribution in [1.29, 1.82) is 0 Å². The molecule has 0 saturated heterocycles. The van der Waals surface area contributed by atoms with Gasteiger partial charge in [-0.25, -0.2) is 0 Å². The summed E-state index contributed by atoms with van der Waals surface area (Å²) in [5.41, 5.74) is 0. The molecule has 1 rings (SSSR count). The number of thiophene rings is 1. The van der Waals surface area contributed by atoms with Crippen LogP contribution in [-0.2, 0) is 0 Å². The molecule has 0 aromatic carbocycles. The summed E-state index contributed by atoms with van der Waals surface area (Å²) in [4.78, 5) is 12.3. The quantitative estimate of drug-likeness (QED) is 0.755. The van der Waals surface area contributed by atoms with E-state index in [1.54, 1.807) is 6.07 Å². The summed E-state index contributed by atoms with van der Waals surface area (Å²) >= 11 is 8.10. The number of aliphatic hydroxyl groups is 1. The maximum Gasteiger partial charge on any atom is 0.261 e. The molecule has 16 heavy (non-hydrogen) atoms. The molecule has 0 atom stereocenters. The van der Waals surface area contributed by atoms with Gasteiger partial charge >= 0.3 is 0 Å². The molecular formula is C10H13Br2NO2S. The van der Waals surface area contributed by atoms with E-state index in [0.717, 1.165) is 27.5 Å². The zero-order valence-corrected chi connectivity index (χ0v) is 12.6. The maximum absolute atomic E-state index is 11.7. The molecule has 0 unspecified atom stereocenters. The number of carbonyl (C=O) groups excluding carboxylic acids is 1. The van der Waals surface area contributed by atoms with E-state index in [0.29, 0.717) is 11.4 Å². The van der Waals surface area contributed by atoms with E-state index in [4.69, 9.17) is 5.11 Å². The standard InChI is InChI=1S/C10H13Br2NO2S/c11-7-6-8(16-9(7)12)10(15)13-4-2-1-3-5-14/h6,14H,1-5H2,(H,13,15). The molecule has 0 aliphatic carbocycles. The topological polar surface area (TPSA) is 49.3 Å². The Kier molecular flexibility index (Phi) is 6.57. The van der Waals surface area contributed by atoms with E-state index in [-0.39, 0.29) is 12.5 Å². The van der Waals surface area contributed by atoms with Crippen molar-refractivity contribution < 1.29 is 9.90 Å². The van der Waals surface area contributed by atoms with Crippen LogP contribution in [0.2, 0.25) is 0 Å². The minimum Gasteiger partial charge on any atom is -0.396 e. The fraction of sp³-hybridized carbons (Fsp3) is 0.500. The molecule has 90 valence electrons. The Labute approximate surface area is 116 Å². The molecule has 1 aromatic rings. The zero-order chi connectivity index (χ0) is 12.0. The molecule has 1 amide bonds. The van der Waals surface area contributed by atoms with Crippen LogP contribution in [0.3, 0.4) is 0 Å². The highest BCUT2D eigenvalue weighted by Gasteiger charge is 2.10. The Morgan fingerprint density at radius 1 is 1.38 bits per heavy atom. The van der Waals surface area contributed by atoms with Crippen LogP contribution in [0.1, 0.15) is 28.9 Å². The van der Waals surface area contributed by atoms with E-state index >= 15 is 0 Å². The van der Waals surface area contributed by atoms with Crippen molar-refractivity contribution in [1.82, 2.24) is 5.32 Å². The van der Waals surface area contributed by atoms with Crippen LogP contribution >= 0.6 is 43.2 Å². The van der Waals surface area contributed by atoms with E-state index in [1.165, 1.54) is 11.3 Å². The van der Waals surface area contributed by atoms with Gasteiger partial charge in [0.15, 0.2) is 0 Å². The third-order valence-electron chi connectivity index (χ3n) is 1.99. The molecule has 2 N–H and O–H groups in total. The van der Waals surface area contributed by atoms with Gasteiger partial charge in [-0.1, -0.05) is 0 Å². The summed E-state index contributed by atoms with van der Waals surface area (Å²) in [6, 6.07) is 1.80. The zero-order valence-electron chi connectivity index (χ0n) is 8.63. The number of halogens is 2. The Balaban J connectivity index is 2.30. The molecular weight excluding hydrogens is 358 g/mol. The van der Waals surface area contributed by atoms with Crippen molar-refractivity contribution in [3.8, 4) is 0 Å². The Morgan fingerprint density at radius 2 is 2.12 bits per heavy atom. The molecule has 0 aliphatic rings. The highest BCUT2D eigenvalue weighted by Crippen LogP contribution is 2.32. The fourth-order valence-corrected chi connectivity index (χ4v) is 3.11. The van der Waals surface area contributed by atoms with Gasteiger partial charge in [0, 0.05) is 17.6 Å². The number of nitrogens with one attached hydrogen (secondary N) is 1. The number of hydrogen-bond acceptors (Lipinski definition) is 3. The second kappa shape index (κ2) is 7.42. The molecule has 0 aliphatic heterocycles. The molecule has 0 fully saturated rings. The molecule has 0 saturated carbocycles. The number of hydrogen-bond donors (Lipinski definition) is 2. The van der Waals surface area contributed by atoms with Gasteiger partial charge in [-0.05, 0) is 57.2 Å². The lowest BCUT2D eigenvalue weighted by Crippen LogP contribution is -2.23. The normalized spacial score (nSPS) is 10.4. The monoisotopic (exact) mass is 369 g/mol. The number of unbranched alkanes of at least 4 members (excludes halogenated alkanes) is 2. The molecule has 0 radical (unpaired) electrons. The third-order valence-corrected chi connectivity index (χ3v) is 5.24. The van der Waals surface area contributed by atoms with Crippen LogP contribution in [0, 0.1) is 0 Å². The largest absolute Gasteiger partial charge is 0.396 e. The minimum absolute atomic E-state index is 0.0413. The van der Waals surface area contributed by atoms with Crippen LogP contribution in [-0.4, -0.2) is 24.2 Å². The van der Waals surface area contributed by atoms with Crippen LogP contribution in [0.15, 0.2) is 14.3 Å². The van der Waals surface area contributed by atoms with Crippen LogP contribution in [0.5, 0.6) is 0 Å². The Hall–Kier alpha value is 0.0900. The number of aliphatic hydroxyl groups excluding tert-OH is 1. The van der Waals surface area contributed by atoms with Crippen molar-refractivity contribution in [3.05, 3.63) is 19.2 Å². The smallest absolute Gasteiger partial charge is 0.261 e. The van der Waals surface area contributed by atoms with Gasteiger partial charge in [-0.3, -0.25) is 4.79 Å². The van der Waals surface area contributed by atoms with Crippen LogP contribution in [0.4, 0.5) is 0 Å². The SMILES string of the molecule is O=C(NCCCCCO)c1cc(Br)c(Br)s1. The number of carbonyl (C=O) groups is 1. The highest BCUT2D eigenvalue weighted by atomic mass is 79.9. The second-order valence-corrected chi connectivity index (χ2v) is 6.50. The number of rotatable bonds is 6. The van der Waals surface area contributed by atoms with Crippen molar-refractivity contribution in [2.75, 3.05) is 13.2 Å². The third kappa shape index (κ3) is 4.53. The van der Waals surface area contributed by atoms with E-state index in [1.807, 2.05) is 0 Å². The van der Waals surface area contributed by atoms with Crippen LogP contribution < -0.4 is 5.32 Å². The molecule has 1 aromatic heterocycles. The van der Waals surface area contributed by atoms with Gasteiger partial charge in [-0.2, -0.15) is 0 Å². The van der Waals surface area contributed by atoms with Gasteiger partial charge in [0.25, 0.3) is 5.91 Å². The molecule has 0 spiro atoms. The predicted octanol–water partition coefficient (Wildman–Crippen LogP) is 3.17. The second-order valence-electron chi connectivity index (χ2n) is 3.27. The first kappa shape index (κ1) is 14.2. The van der Waals surface area contributed by atoms with Gasteiger partial charge < -0.3 is 10.4 Å². The lowest BCUT2D eigenvalue weighted by molar-refractivity contribution is 0.0957. The maximum atomic E-state index is 11.7. The highest BCUT2D eigenvalue weighted by molar-refractivity contribution is 9.13. The Bertz CT molecular complexity index is 335. The first-order chi connectivity index (χ1) is 7.65. The summed E-state index contributed by atoms with van der Waals surface area (Å²) in [6.07, 6.45) is 2.64. The van der Waals surface area contributed by atoms with Crippen molar-refractivity contribution in [2.24, 2.45) is 0 Å². The average Bonchev–Trinajstić information content (AvgIpc) is 2.59. The minimum atomic E-state index is -0.0413. The van der Waals surface area contributed by atoms with Crippen molar-refractivity contribution in [3.63, 3.8) is 0 Å². The first-order valence-electron chi connectivity index (χ1n) is 4.99. The summed E-state index contributed by atoms with van der Waals surface area (Å²) in [6.45, 7) is 0.880. The lowest BCUT2D eigenvalue weighted by Gasteiger charge is -2.02. The van der Waals surface area contributed by atoms with Gasteiger partial charge in [0.05, 0.1) is 8.66 Å². The lowest BCUT2D eigenvalue weighted by atomic mass is 10.2. The average molecular weight is 371 g/mol. The Morgan fingerprint density at radius 3 is 2.69 bits per heavy atom. The van der Waals surface area contributed by atoms with Crippen molar-refractivity contribution >= 4 is 49.1 Å². The predicted molar refractivity (Wildman–Crippen MR) is 73.0 cm³/mol. The molecule has 1 heterocycles. The summed E-state index contributed by atoms with van der Waals surface area (Å²) in [5, 5.41) is 11.4. The summed E-state index contributed by atoms with van der Waals surface area (Å²) in [5.74, 6) is -0.0413. The van der Waals surface area contributed by atoms with Crippen molar-refractivity contribution in [2.45, 2.75) is 19.3 Å². The molecule has 6 heteroatoms. The molecule has 0 bridgehead atoms. The van der Waals surface area contributed by atoms with Gasteiger partial charge in [0.1, 0.15) is 0 Å². The van der Waals surface area contributed by atoms with E-state index < -0.39 is 0 Å². The summed E-state index contributed by atoms with van der Waals surface area (Å²) < 4.78 is 1.83. The van der Waals surface area contributed by atoms with E-state index in [2.05, 4.69) is 37.2 Å². The molecule has 3 nitrogen and oxygen atoms in total. The van der Waals surface area contributed by atoms with Crippen LogP contribution in [0.25, 0.3) is 0 Å². The summed E-state index contributed by atoms with van der Waals surface area (Å²) in [7, 11) is 0. The number of amides is 1.